The fourth-order valence-electron chi connectivity index (χ4n) is 2.66. The summed E-state index contributed by atoms with van der Waals surface area (Å²) >= 11 is 6.10. The van der Waals surface area contributed by atoms with Gasteiger partial charge in [-0.2, -0.15) is 0 Å². The summed E-state index contributed by atoms with van der Waals surface area (Å²) in [7, 11) is 0. The van der Waals surface area contributed by atoms with Crippen molar-refractivity contribution in [2.75, 3.05) is 5.32 Å². The fraction of sp³-hybridized carbons (Fsp3) is 0.211. The molecule has 1 atom stereocenters. The van der Waals surface area contributed by atoms with Gasteiger partial charge in [-0.15, -0.1) is 0 Å². The van der Waals surface area contributed by atoms with Crippen LogP contribution in [0.4, 0.5) is 10.2 Å². The smallest absolute Gasteiger partial charge is 0.251 e. The third-order valence-electron chi connectivity index (χ3n) is 3.99. The molecular formula is C19H18ClFN4O. The molecule has 0 aliphatic carbocycles. The summed E-state index contributed by atoms with van der Waals surface area (Å²) in [5.74, 6) is 0.667. The first kappa shape index (κ1) is 18.1. The van der Waals surface area contributed by atoms with Crippen molar-refractivity contribution in [2.24, 2.45) is 0 Å². The molecular weight excluding hydrogens is 355 g/mol. The molecule has 1 aromatic carbocycles. The number of rotatable bonds is 5. The number of nitrogens with zero attached hydrogens (tertiary/aromatic N) is 2. The lowest BCUT2D eigenvalue weighted by Gasteiger charge is -2.17. The van der Waals surface area contributed by atoms with E-state index in [-0.39, 0.29) is 17.4 Å². The minimum Gasteiger partial charge on any atom is -0.363 e. The van der Waals surface area contributed by atoms with Gasteiger partial charge in [0.15, 0.2) is 0 Å². The van der Waals surface area contributed by atoms with Gasteiger partial charge in [0.1, 0.15) is 17.5 Å². The topological polar surface area (TPSA) is 70.7 Å². The van der Waals surface area contributed by atoms with Gasteiger partial charge in [0.05, 0.1) is 6.04 Å². The maximum Gasteiger partial charge on any atom is 0.251 e. The van der Waals surface area contributed by atoms with Crippen LogP contribution in [0.15, 0.2) is 47.4 Å². The van der Waals surface area contributed by atoms with Gasteiger partial charge >= 0.3 is 0 Å². The lowest BCUT2D eigenvalue weighted by Crippen LogP contribution is -2.11. The second kappa shape index (κ2) is 7.66. The highest BCUT2D eigenvalue weighted by molar-refractivity contribution is 6.31. The average Bonchev–Trinajstić information content (AvgIpc) is 2.61. The summed E-state index contributed by atoms with van der Waals surface area (Å²) in [6, 6.07) is 9.26. The third kappa shape index (κ3) is 3.91. The van der Waals surface area contributed by atoms with E-state index in [1.165, 1.54) is 12.1 Å². The van der Waals surface area contributed by atoms with Crippen molar-refractivity contribution < 1.29 is 4.39 Å². The van der Waals surface area contributed by atoms with E-state index >= 15 is 0 Å². The molecule has 0 aliphatic rings. The van der Waals surface area contributed by atoms with Crippen molar-refractivity contribution >= 4 is 17.4 Å². The normalized spacial score (nSPS) is 12.0. The fourth-order valence-corrected chi connectivity index (χ4v) is 2.99. The van der Waals surface area contributed by atoms with Gasteiger partial charge in [0.25, 0.3) is 5.56 Å². The average molecular weight is 373 g/mol. The van der Waals surface area contributed by atoms with Crippen LogP contribution >= 0.6 is 11.6 Å². The van der Waals surface area contributed by atoms with E-state index in [0.29, 0.717) is 39.9 Å². The maximum absolute atomic E-state index is 14.0. The van der Waals surface area contributed by atoms with Crippen LogP contribution < -0.4 is 10.9 Å². The van der Waals surface area contributed by atoms with Crippen molar-refractivity contribution in [2.45, 2.75) is 26.3 Å². The second-order valence-electron chi connectivity index (χ2n) is 5.87. The molecule has 0 saturated heterocycles. The Bertz CT molecular complexity index is 952. The quantitative estimate of drug-likeness (QED) is 0.698. The number of benzene rings is 1. The highest BCUT2D eigenvalue weighted by Crippen LogP contribution is 2.28. The molecule has 134 valence electrons. The Morgan fingerprint density at radius 2 is 2.12 bits per heavy atom. The number of pyridine rings is 1. The monoisotopic (exact) mass is 372 g/mol. The minimum absolute atomic E-state index is 0.197. The number of halogens is 2. The molecule has 0 radical (unpaired) electrons. The molecule has 0 fully saturated rings. The predicted molar refractivity (Wildman–Crippen MR) is 101 cm³/mol. The van der Waals surface area contributed by atoms with Crippen LogP contribution in [0.2, 0.25) is 5.02 Å². The van der Waals surface area contributed by atoms with Gasteiger partial charge in [-0.05, 0) is 37.6 Å². The molecule has 5 nitrogen and oxygen atoms in total. The maximum atomic E-state index is 14.0. The van der Waals surface area contributed by atoms with Gasteiger partial charge in [-0.25, -0.2) is 14.4 Å². The van der Waals surface area contributed by atoms with Crippen molar-refractivity contribution in [3.05, 3.63) is 75.0 Å². The minimum atomic E-state index is -0.368. The van der Waals surface area contributed by atoms with Gasteiger partial charge in [0.2, 0.25) is 0 Å². The number of anilines is 1. The van der Waals surface area contributed by atoms with Crippen LogP contribution in [-0.2, 0) is 6.42 Å². The zero-order chi connectivity index (χ0) is 18.7. The molecule has 2 N–H and O–H groups in total. The Hall–Kier alpha value is -2.73. The van der Waals surface area contributed by atoms with Crippen LogP contribution in [0.5, 0.6) is 0 Å². The van der Waals surface area contributed by atoms with E-state index in [4.69, 9.17) is 11.6 Å². The highest BCUT2D eigenvalue weighted by Gasteiger charge is 2.15. The van der Waals surface area contributed by atoms with Gasteiger partial charge in [-0.3, -0.25) is 4.79 Å². The molecule has 3 aromatic rings. The third-order valence-corrected chi connectivity index (χ3v) is 4.32. The number of hydrogen-bond donors (Lipinski definition) is 2. The van der Waals surface area contributed by atoms with E-state index in [0.717, 1.165) is 0 Å². The SMILES string of the molecule is CCc1cc(=O)[nH]c(-c2ccc(NC(C)c3c(F)cccc3Cl)nc2)n1. The summed E-state index contributed by atoms with van der Waals surface area (Å²) in [4.78, 5) is 23.1. The number of aryl methyl sites for hydroxylation is 1. The lowest BCUT2D eigenvalue weighted by molar-refractivity contribution is 0.600. The van der Waals surface area contributed by atoms with Crippen LogP contribution in [-0.4, -0.2) is 15.0 Å². The van der Waals surface area contributed by atoms with Crippen molar-refractivity contribution in [3.63, 3.8) is 0 Å². The molecule has 2 aromatic heterocycles. The Morgan fingerprint density at radius 1 is 1.31 bits per heavy atom. The summed E-state index contributed by atoms with van der Waals surface area (Å²) in [6.07, 6.45) is 2.28. The van der Waals surface area contributed by atoms with Gasteiger partial charge < -0.3 is 10.3 Å². The molecule has 0 saturated carbocycles. The molecule has 0 spiro atoms. The van der Waals surface area contributed by atoms with Crippen molar-refractivity contribution in [1.82, 2.24) is 15.0 Å². The molecule has 2 heterocycles. The molecule has 26 heavy (non-hydrogen) atoms. The van der Waals surface area contributed by atoms with Gasteiger partial charge in [-0.1, -0.05) is 24.6 Å². The van der Waals surface area contributed by atoms with E-state index in [2.05, 4.69) is 20.3 Å². The Balaban J connectivity index is 1.82. The first-order valence-electron chi connectivity index (χ1n) is 8.25. The zero-order valence-electron chi connectivity index (χ0n) is 14.4. The zero-order valence-corrected chi connectivity index (χ0v) is 15.1. The van der Waals surface area contributed by atoms with Crippen molar-refractivity contribution in [3.8, 4) is 11.4 Å². The number of aromatic amines is 1. The summed E-state index contributed by atoms with van der Waals surface area (Å²) in [5, 5.41) is 3.49. The van der Waals surface area contributed by atoms with E-state index in [9.17, 15) is 9.18 Å². The number of aromatic nitrogens is 3. The largest absolute Gasteiger partial charge is 0.363 e. The molecule has 0 bridgehead atoms. The Morgan fingerprint density at radius 3 is 2.77 bits per heavy atom. The summed E-state index contributed by atoms with van der Waals surface area (Å²) in [5.41, 5.74) is 1.60. The van der Waals surface area contributed by atoms with Gasteiger partial charge in [0, 0.05) is 34.1 Å². The van der Waals surface area contributed by atoms with Crippen LogP contribution in [0.25, 0.3) is 11.4 Å². The summed E-state index contributed by atoms with van der Waals surface area (Å²) < 4.78 is 14.0. The second-order valence-corrected chi connectivity index (χ2v) is 6.28. The molecule has 1 unspecified atom stereocenters. The van der Waals surface area contributed by atoms with Crippen molar-refractivity contribution in [1.29, 1.82) is 0 Å². The van der Waals surface area contributed by atoms with E-state index in [1.54, 1.807) is 30.5 Å². The first-order valence-corrected chi connectivity index (χ1v) is 8.63. The van der Waals surface area contributed by atoms with E-state index < -0.39 is 0 Å². The van der Waals surface area contributed by atoms with E-state index in [1.807, 2.05) is 13.8 Å². The standard InChI is InChI=1S/C19H18ClFN4O/c1-3-13-9-17(26)25-19(24-13)12-7-8-16(22-10-12)23-11(2)18-14(20)5-4-6-15(18)21/h4-11H,3H2,1-2H3,(H,22,23)(H,24,25,26). The number of nitrogens with one attached hydrogen (secondary N) is 2. The Kier molecular flexibility index (Phi) is 5.32. The first-order chi connectivity index (χ1) is 12.5. The highest BCUT2D eigenvalue weighted by atomic mass is 35.5. The number of hydrogen-bond acceptors (Lipinski definition) is 4. The number of H-pyrrole nitrogens is 1. The Labute approximate surface area is 155 Å². The molecule has 3 rings (SSSR count). The lowest BCUT2D eigenvalue weighted by atomic mass is 10.1. The predicted octanol–water partition coefficient (Wildman–Crippen LogP) is 4.36. The van der Waals surface area contributed by atoms with Crippen LogP contribution in [0.1, 0.15) is 31.1 Å². The molecule has 0 amide bonds. The van der Waals surface area contributed by atoms with Crippen LogP contribution in [0.3, 0.4) is 0 Å². The molecule has 0 aliphatic heterocycles. The summed E-state index contributed by atoms with van der Waals surface area (Å²) in [6.45, 7) is 3.75. The van der Waals surface area contributed by atoms with Crippen LogP contribution in [0, 0.1) is 5.82 Å². The molecule has 7 heteroatoms.